The van der Waals surface area contributed by atoms with Crippen LogP contribution in [-0.2, 0) is 10.2 Å². The Hall–Kier alpha value is -1.18. The molecule has 1 aromatic heterocycles. The summed E-state index contributed by atoms with van der Waals surface area (Å²) in [6.45, 7) is 1.96. The number of aliphatic hydroxyl groups is 1. The van der Waals surface area contributed by atoms with Crippen LogP contribution in [0.15, 0.2) is 18.3 Å². The fourth-order valence-electron chi connectivity index (χ4n) is 1.22. The van der Waals surface area contributed by atoms with E-state index in [4.69, 9.17) is 5.11 Å². The number of anilines is 1. The van der Waals surface area contributed by atoms with Gasteiger partial charge in [-0.15, -0.1) is 0 Å². The first-order chi connectivity index (χ1) is 7.97. The molecule has 1 heterocycles. The van der Waals surface area contributed by atoms with Gasteiger partial charge in [0.05, 0.1) is 11.4 Å². The smallest absolute Gasteiger partial charge is 0.301 e. The number of hydrogen-bond acceptors (Lipinski definition) is 4. The number of pyridine rings is 1. The predicted octanol–water partition coefficient (Wildman–Crippen LogP) is 0.361. The van der Waals surface area contributed by atoms with E-state index in [1.54, 1.807) is 25.3 Å². The standard InChI is InChI=1S/C10H17N3O3S/c1-9-10(5-3-6-11-9)12-17(15,16)13(2)7-4-8-14/h3,5-6,12,14H,4,7-8H2,1-2H3. The molecule has 0 spiro atoms. The van der Waals surface area contributed by atoms with Gasteiger partial charge < -0.3 is 5.11 Å². The zero-order valence-corrected chi connectivity index (χ0v) is 10.7. The molecule has 0 radical (unpaired) electrons. The van der Waals surface area contributed by atoms with Crippen LogP contribution in [0.4, 0.5) is 5.69 Å². The lowest BCUT2D eigenvalue weighted by molar-refractivity contribution is 0.276. The molecule has 0 bridgehead atoms. The Morgan fingerprint density at radius 2 is 2.24 bits per heavy atom. The molecule has 6 nitrogen and oxygen atoms in total. The third-order valence-corrected chi connectivity index (χ3v) is 3.77. The first-order valence-corrected chi connectivity index (χ1v) is 6.68. The fourth-order valence-corrected chi connectivity index (χ4v) is 2.24. The summed E-state index contributed by atoms with van der Waals surface area (Å²) in [7, 11) is -2.11. The van der Waals surface area contributed by atoms with Crippen molar-refractivity contribution in [1.29, 1.82) is 0 Å². The number of nitrogens with zero attached hydrogens (tertiary/aromatic N) is 2. The lowest BCUT2D eigenvalue weighted by Crippen LogP contribution is -2.33. The largest absolute Gasteiger partial charge is 0.396 e. The van der Waals surface area contributed by atoms with E-state index in [1.165, 1.54) is 7.05 Å². The van der Waals surface area contributed by atoms with E-state index in [2.05, 4.69) is 9.71 Å². The normalized spacial score (nSPS) is 11.8. The van der Waals surface area contributed by atoms with E-state index in [-0.39, 0.29) is 13.2 Å². The Labute approximate surface area is 101 Å². The second-order valence-electron chi connectivity index (χ2n) is 3.64. The molecule has 1 aromatic rings. The highest BCUT2D eigenvalue weighted by molar-refractivity contribution is 7.90. The van der Waals surface area contributed by atoms with Crippen LogP contribution in [0.5, 0.6) is 0 Å². The molecule has 0 unspecified atom stereocenters. The van der Waals surface area contributed by atoms with Crippen molar-refractivity contribution in [3.63, 3.8) is 0 Å². The van der Waals surface area contributed by atoms with Crippen LogP contribution in [-0.4, -0.2) is 43.0 Å². The molecule has 0 saturated carbocycles. The van der Waals surface area contributed by atoms with Gasteiger partial charge in [0.25, 0.3) is 0 Å². The van der Waals surface area contributed by atoms with Crippen molar-refractivity contribution in [3.8, 4) is 0 Å². The number of aromatic nitrogens is 1. The molecule has 0 amide bonds. The molecule has 96 valence electrons. The van der Waals surface area contributed by atoms with E-state index in [0.29, 0.717) is 17.8 Å². The van der Waals surface area contributed by atoms with Crippen molar-refractivity contribution < 1.29 is 13.5 Å². The van der Waals surface area contributed by atoms with E-state index in [0.717, 1.165) is 4.31 Å². The summed E-state index contributed by atoms with van der Waals surface area (Å²) in [6, 6.07) is 3.32. The molecule has 0 aromatic carbocycles. The second kappa shape index (κ2) is 5.95. The minimum atomic E-state index is -3.58. The van der Waals surface area contributed by atoms with Crippen molar-refractivity contribution in [1.82, 2.24) is 9.29 Å². The molecular formula is C10H17N3O3S. The molecule has 2 N–H and O–H groups in total. The third-order valence-electron chi connectivity index (χ3n) is 2.29. The molecule has 0 aliphatic rings. The van der Waals surface area contributed by atoms with Crippen LogP contribution in [0.2, 0.25) is 0 Å². The lowest BCUT2D eigenvalue weighted by atomic mass is 10.3. The molecule has 0 aliphatic carbocycles. The van der Waals surface area contributed by atoms with Crippen LogP contribution in [0.1, 0.15) is 12.1 Å². The predicted molar refractivity (Wildman–Crippen MR) is 65.8 cm³/mol. The quantitative estimate of drug-likeness (QED) is 0.773. The number of aliphatic hydroxyl groups excluding tert-OH is 1. The van der Waals surface area contributed by atoms with Crippen molar-refractivity contribution in [2.24, 2.45) is 0 Å². The summed E-state index contributed by atoms with van der Waals surface area (Å²) in [6.07, 6.45) is 2.01. The molecule has 17 heavy (non-hydrogen) atoms. The molecule has 1 rings (SSSR count). The van der Waals surface area contributed by atoms with Gasteiger partial charge in [-0.25, -0.2) is 0 Å². The number of rotatable bonds is 6. The lowest BCUT2D eigenvalue weighted by Gasteiger charge is -2.18. The van der Waals surface area contributed by atoms with Gasteiger partial charge in [0.15, 0.2) is 0 Å². The summed E-state index contributed by atoms with van der Waals surface area (Å²) in [5, 5.41) is 8.66. The molecule has 0 saturated heterocycles. The maximum Gasteiger partial charge on any atom is 0.301 e. The van der Waals surface area contributed by atoms with Crippen molar-refractivity contribution >= 4 is 15.9 Å². The molecular weight excluding hydrogens is 242 g/mol. The SMILES string of the molecule is Cc1ncccc1NS(=O)(=O)N(C)CCCO. The Bertz CT molecular complexity index is 462. The Morgan fingerprint density at radius 1 is 1.53 bits per heavy atom. The van der Waals surface area contributed by atoms with E-state index >= 15 is 0 Å². The average molecular weight is 259 g/mol. The summed E-state index contributed by atoms with van der Waals surface area (Å²) < 4.78 is 27.3. The highest BCUT2D eigenvalue weighted by Gasteiger charge is 2.17. The van der Waals surface area contributed by atoms with Gasteiger partial charge in [-0.3, -0.25) is 9.71 Å². The van der Waals surface area contributed by atoms with Gasteiger partial charge in [0.1, 0.15) is 0 Å². The topological polar surface area (TPSA) is 82.5 Å². The molecule has 7 heteroatoms. The fraction of sp³-hybridized carbons (Fsp3) is 0.500. The van der Waals surface area contributed by atoms with Crippen molar-refractivity contribution in [2.75, 3.05) is 24.9 Å². The summed E-state index contributed by atoms with van der Waals surface area (Å²) in [5.41, 5.74) is 1.08. The van der Waals surface area contributed by atoms with E-state index < -0.39 is 10.2 Å². The van der Waals surface area contributed by atoms with Gasteiger partial charge in [-0.05, 0) is 25.5 Å². The van der Waals surface area contributed by atoms with Crippen molar-refractivity contribution in [3.05, 3.63) is 24.0 Å². The first kappa shape index (κ1) is 13.9. The molecule has 0 atom stereocenters. The van der Waals surface area contributed by atoms with Crippen LogP contribution in [0.25, 0.3) is 0 Å². The van der Waals surface area contributed by atoms with Gasteiger partial charge >= 0.3 is 10.2 Å². The second-order valence-corrected chi connectivity index (χ2v) is 5.42. The van der Waals surface area contributed by atoms with Crippen molar-refractivity contribution in [2.45, 2.75) is 13.3 Å². The van der Waals surface area contributed by atoms with Crippen LogP contribution >= 0.6 is 0 Å². The van der Waals surface area contributed by atoms with Gasteiger partial charge in [0, 0.05) is 26.4 Å². The molecule has 0 fully saturated rings. The van der Waals surface area contributed by atoms with Gasteiger partial charge in [0.2, 0.25) is 0 Å². The monoisotopic (exact) mass is 259 g/mol. The zero-order chi connectivity index (χ0) is 12.9. The summed E-state index contributed by atoms with van der Waals surface area (Å²) >= 11 is 0. The maximum absolute atomic E-state index is 11.9. The highest BCUT2D eigenvalue weighted by atomic mass is 32.2. The van der Waals surface area contributed by atoms with Crippen LogP contribution in [0, 0.1) is 6.92 Å². The van der Waals surface area contributed by atoms with Crippen LogP contribution < -0.4 is 4.72 Å². The number of nitrogens with one attached hydrogen (secondary N) is 1. The minimum absolute atomic E-state index is 0.0359. The minimum Gasteiger partial charge on any atom is -0.396 e. The van der Waals surface area contributed by atoms with Gasteiger partial charge in [-0.1, -0.05) is 0 Å². The summed E-state index contributed by atoms with van der Waals surface area (Å²) in [4.78, 5) is 4.00. The van der Waals surface area contributed by atoms with Crippen LogP contribution in [0.3, 0.4) is 0 Å². The first-order valence-electron chi connectivity index (χ1n) is 5.24. The van der Waals surface area contributed by atoms with E-state index in [1.807, 2.05) is 0 Å². The maximum atomic E-state index is 11.9. The third kappa shape index (κ3) is 3.95. The number of hydrogen-bond donors (Lipinski definition) is 2. The average Bonchev–Trinajstić information content (AvgIpc) is 2.28. The highest BCUT2D eigenvalue weighted by Crippen LogP contribution is 2.13. The molecule has 0 aliphatic heterocycles. The zero-order valence-electron chi connectivity index (χ0n) is 9.92. The Kier molecular flexibility index (Phi) is 4.86. The Morgan fingerprint density at radius 3 is 2.82 bits per heavy atom. The van der Waals surface area contributed by atoms with Gasteiger partial charge in [-0.2, -0.15) is 12.7 Å². The summed E-state index contributed by atoms with van der Waals surface area (Å²) in [5.74, 6) is 0. The Balaban J connectivity index is 2.76. The number of aryl methyl sites for hydroxylation is 1. The van der Waals surface area contributed by atoms with E-state index in [9.17, 15) is 8.42 Å².